The van der Waals surface area contributed by atoms with Crippen LogP contribution in [0.15, 0.2) is 30.4 Å². The van der Waals surface area contributed by atoms with Crippen molar-refractivity contribution < 1.29 is 19.1 Å². The van der Waals surface area contributed by atoms with E-state index in [-0.39, 0.29) is 12.2 Å². The van der Waals surface area contributed by atoms with Crippen LogP contribution in [0.5, 0.6) is 5.75 Å². The topological polar surface area (TPSA) is 81.9 Å². The van der Waals surface area contributed by atoms with Crippen molar-refractivity contribution in [2.24, 2.45) is 0 Å². The van der Waals surface area contributed by atoms with Crippen LogP contribution in [0.2, 0.25) is 0 Å². The third kappa shape index (κ3) is 4.75. The number of rotatable bonds is 4. The number of amides is 1. The van der Waals surface area contributed by atoms with Gasteiger partial charge in [-0.2, -0.15) is 0 Å². The Bertz CT molecular complexity index is 691. The summed E-state index contributed by atoms with van der Waals surface area (Å²) in [5.74, 6) is 0.555. The molecule has 1 aromatic rings. The highest BCUT2D eigenvalue weighted by molar-refractivity contribution is 5.91. The highest BCUT2D eigenvalue weighted by Crippen LogP contribution is 2.27. The molecule has 0 spiro atoms. The minimum Gasteiger partial charge on any atom is -0.497 e. The highest BCUT2D eigenvalue weighted by Gasteiger charge is 2.38. The van der Waals surface area contributed by atoms with Crippen molar-refractivity contribution in [3.05, 3.63) is 35.9 Å². The van der Waals surface area contributed by atoms with E-state index in [0.29, 0.717) is 30.0 Å². The van der Waals surface area contributed by atoms with Crippen LogP contribution in [0, 0.1) is 0 Å². The summed E-state index contributed by atoms with van der Waals surface area (Å²) in [6.45, 7) is 9.65. The summed E-state index contributed by atoms with van der Waals surface area (Å²) in [4.78, 5) is 26.6. The summed E-state index contributed by atoms with van der Waals surface area (Å²) < 4.78 is 10.5. The predicted octanol–water partition coefficient (Wildman–Crippen LogP) is 2.95. The van der Waals surface area contributed by atoms with Gasteiger partial charge in [-0.15, -0.1) is 0 Å². The molecular weight excluding hydrogens is 320 g/mol. The van der Waals surface area contributed by atoms with Crippen LogP contribution in [0.4, 0.5) is 10.5 Å². The molecule has 6 heteroatoms. The zero-order chi connectivity index (χ0) is 18.8. The number of methoxy groups -OCH3 is 1. The Morgan fingerprint density at radius 2 is 2.04 bits per heavy atom. The van der Waals surface area contributed by atoms with Crippen molar-refractivity contribution in [1.82, 2.24) is 4.90 Å². The summed E-state index contributed by atoms with van der Waals surface area (Å²) in [6.07, 6.45) is 0.105. The predicted molar refractivity (Wildman–Crippen MR) is 96.6 cm³/mol. The molecule has 2 N–H and O–H groups in total. The van der Waals surface area contributed by atoms with E-state index in [2.05, 4.69) is 6.58 Å². The minimum absolute atomic E-state index is 0.0821. The largest absolute Gasteiger partial charge is 0.497 e. The molecule has 1 fully saturated rings. The first-order valence-electron chi connectivity index (χ1n) is 8.22. The summed E-state index contributed by atoms with van der Waals surface area (Å²) in [7, 11) is 1.56. The van der Waals surface area contributed by atoms with Crippen LogP contribution < -0.4 is 10.5 Å². The van der Waals surface area contributed by atoms with Crippen LogP contribution in [0.3, 0.4) is 0 Å². The molecular formula is C19H26N2O4. The number of nitrogen functional groups attached to an aromatic ring is 1. The first kappa shape index (κ1) is 18.8. The van der Waals surface area contributed by atoms with Crippen molar-refractivity contribution in [3.8, 4) is 5.75 Å². The maximum Gasteiger partial charge on any atom is 0.411 e. The van der Waals surface area contributed by atoms with Gasteiger partial charge in [0.2, 0.25) is 0 Å². The molecule has 1 aromatic carbocycles. The number of likely N-dealkylation sites (tertiary alicyclic amines) is 1. The van der Waals surface area contributed by atoms with E-state index >= 15 is 0 Å². The number of nitrogens with zero attached hydrogens (tertiary/aromatic N) is 1. The number of ketones is 1. The molecule has 1 aliphatic rings. The Labute approximate surface area is 148 Å². The fourth-order valence-electron chi connectivity index (χ4n) is 2.77. The molecule has 1 saturated heterocycles. The Balaban J connectivity index is 2.13. The molecule has 1 aliphatic heterocycles. The number of hydrogen-bond acceptors (Lipinski definition) is 5. The van der Waals surface area contributed by atoms with Crippen molar-refractivity contribution in [2.45, 2.75) is 45.3 Å². The van der Waals surface area contributed by atoms with Gasteiger partial charge in [-0.3, -0.25) is 9.69 Å². The van der Waals surface area contributed by atoms with Crippen LogP contribution in [-0.4, -0.2) is 42.1 Å². The third-order valence-corrected chi connectivity index (χ3v) is 3.97. The molecule has 6 nitrogen and oxygen atoms in total. The lowest BCUT2D eigenvalue weighted by Crippen LogP contribution is -2.43. The van der Waals surface area contributed by atoms with Gasteiger partial charge in [-0.1, -0.05) is 18.2 Å². The quantitative estimate of drug-likeness (QED) is 0.669. The van der Waals surface area contributed by atoms with E-state index in [9.17, 15) is 9.59 Å². The maximum absolute atomic E-state index is 12.8. The second kappa shape index (κ2) is 7.17. The normalized spacial score (nSPS) is 17.5. The number of hydrogen-bond donors (Lipinski definition) is 1. The Kier molecular flexibility index (Phi) is 5.40. The number of benzene rings is 1. The number of nitrogens with two attached hydrogens (primary N) is 1. The number of ether oxygens (including phenoxy) is 2. The number of carbonyl (C=O) groups is 2. The van der Waals surface area contributed by atoms with E-state index in [4.69, 9.17) is 15.2 Å². The van der Waals surface area contributed by atoms with Gasteiger partial charge in [0.1, 0.15) is 11.4 Å². The van der Waals surface area contributed by atoms with E-state index in [1.807, 2.05) is 0 Å². The molecule has 0 bridgehead atoms. The fourth-order valence-corrected chi connectivity index (χ4v) is 2.77. The highest BCUT2D eigenvalue weighted by atomic mass is 16.6. The average Bonchev–Trinajstić information content (AvgIpc) is 2.90. The number of anilines is 1. The van der Waals surface area contributed by atoms with E-state index in [1.54, 1.807) is 46.1 Å². The molecule has 25 heavy (non-hydrogen) atoms. The van der Waals surface area contributed by atoms with Crippen molar-refractivity contribution in [1.29, 1.82) is 0 Å². The van der Waals surface area contributed by atoms with Gasteiger partial charge in [-0.05, 0) is 38.8 Å². The molecule has 0 aliphatic carbocycles. The smallest absolute Gasteiger partial charge is 0.411 e. The van der Waals surface area contributed by atoms with Gasteiger partial charge in [0.05, 0.1) is 13.2 Å². The Hall–Kier alpha value is -2.50. The second-order valence-electron chi connectivity index (χ2n) is 7.29. The summed E-state index contributed by atoms with van der Waals surface area (Å²) >= 11 is 0. The second-order valence-corrected chi connectivity index (χ2v) is 7.29. The zero-order valence-electron chi connectivity index (χ0n) is 15.3. The van der Waals surface area contributed by atoms with Crippen LogP contribution in [0.25, 0.3) is 0 Å². The first-order chi connectivity index (χ1) is 11.6. The molecule has 0 radical (unpaired) electrons. The molecule has 0 aromatic heterocycles. The standard InChI is InChI=1S/C19H26N2O4/c1-12-8-16(21(11-12)18(23)25-19(2,3)4)17(22)9-13-6-7-14(24-5)10-15(13)20/h6-7,10,16H,1,8-9,11,20H2,2-5H3/t16-/m0/s1. The van der Waals surface area contributed by atoms with E-state index in [0.717, 1.165) is 5.57 Å². The Morgan fingerprint density at radius 3 is 2.60 bits per heavy atom. The molecule has 136 valence electrons. The molecule has 2 rings (SSSR count). The maximum atomic E-state index is 12.8. The van der Waals surface area contributed by atoms with Crippen LogP contribution in [0.1, 0.15) is 32.8 Å². The van der Waals surface area contributed by atoms with Crippen molar-refractivity contribution in [3.63, 3.8) is 0 Å². The van der Waals surface area contributed by atoms with Gasteiger partial charge >= 0.3 is 6.09 Å². The SMILES string of the molecule is C=C1C[C@@H](C(=O)Cc2ccc(OC)cc2N)N(C(=O)OC(C)(C)C)C1. The molecule has 0 saturated carbocycles. The van der Waals surface area contributed by atoms with Gasteiger partial charge in [0.25, 0.3) is 0 Å². The molecule has 1 heterocycles. The van der Waals surface area contributed by atoms with Gasteiger partial charge in [0.15, 0.2) is 5.78 Å². The Morgan fingerprint density at radius 1 is 1.36 bits per heavy atom. The number of Topliss-reactive ketones (excluding diaryl/α,β-unsaturated/α-hetero) is 1. The first-order valence-corrected chi connectivity index (χ1v) is 8.22. The van der Waals surface area contributed by atoms with Gasteiger partial charge in [-0.25, -0.2) is 4.79 Å². The summed E-state index contributed by atoms with van der Waals surface area (Å²) in [5, 5.41) is 0. The number of carbonyl (C=O) groups excluding carboxylic acids is 2. The van der Waals surface area contributed by atoms with Crippen LogP contribution >= 0.6 is 0 Å². The van der Waals surface area contributed by atoms with E-state index in [1.165, 1.54) is 4.90 Å². The van der Waals surface area contributed by atoms with Crippen molar-refractivity contribution in [2.75, 3.05) is 19.4 Å². The fraction of sp³-hybridized carbons (Fsp3) is 0.474. The van der Waals surface area contributed by atoms with Gasteiger partial charge in [0, 0.05) is 24.7 Å². The third-order valence-electron chi connectivity index (χ3n) is 3.97. The molecule has 0 unspecified atom stereocenters. The van der Waals surface area contributed by atoms with Crippen molar-refractivity contribution >= 4 is 17.6 Å². The monoisotopic (exact) mass is 346 g/mol. The lowest BCUT2D eigenvalue weighted by molar-refractivity contribution is -0.122. The van der Waals surface area contributed by atoms with Gasteiger partial charge < -0.3 is 15.2 Å². The average molecular weight is 346 g/mol. The van der Waals surface area contributed by atoms with E-state index < -0.39 is 17.7 Å². The zero-order valence-corrected chi connectivity index (χ0v) is 15.3. The summed E-state index contributed by atoms with van der Waals surface area (Å²) in [5.41, 5.74) is 7.43. The lowest BCUT2D eigenvalue weighted by atomic mass is 10.00. The molecule has 1 atom stereocenters. The minimum atomic E-state index is -0.616. The molecule has 1 amide bonds. The summed E-state index contributed by atoms with van der Waals surface area (Å²) in [6, 6.07) is 4.65. The lowest BCUT2D eigenvalue weighted by Gasteiger charge is -2.27. The van der Waals surface area contributed by atoms with Crippen LogP contribution in [-0.2, 0) is 16.0 Å².